The summed E-state index contributed by atoms with van der Waals surface area (Å²) in [5, 5.41) is 22.4. The molecule has 0 saturated heterocycles. The van der Waals surface area contributed by atoms with E-state index in [1.165, 1.54) is 27.0 Å². The smallest absolute Gasteiger partial charge is 0.267 e. The fourth-order valence-electron chi connectivity index (χ4n) is 3.92. The summed E-state index contributed by atoms with van der Waals surface area (Å²) in [6.45, 7) is 0. The average Bonchev–Trinajstić information content (AvgIpc) is 3.36. The number of rotatable bonds is 3. The molecule has 8 heteroatoms. The molecular formula is C23H15BrN4O2S. The second kappa shape index (κ2) is 7.76. The van der Waals surface area contributed by atoms with E-state index >= 15 is 0 Å². The molecule has 1 aromatic carbocycles. The summed E-state index contributed by atoms with van der Waals surface area (Å²) < 4.78 is 1.94. The van der Waals surface area contributed by atoms with Crippen molar-refractivity contribution >= 4 is 49.3 Å². The van der Waals surface area contributed by atoms with Gasteiger partial charge in [0.15, 0.2) is 0 Å². The molecule has 152 valence electrons. The van der Waals surface area contributed by atoms with Crippen LogP contribution in [0.5, 0.6) is 5.88 Å². The largest absolute Gasteiger partial charge is 0.494 e. The quantitative estimate of drug-likeness (QED) is 0.407. The highest BCUT2D eigenvalue weighted by molar-refractivity contribution is 9.10. The predicted octanol–water partition coefficient (Wildman–Crippen LogP) is 5.03. The van der Waals surface area contributed by atoms with Gasteiger partial charge in [-0.05, 0) is 59.0 Å². The number of aromatic hydroxyl groups is 1. The number of fused-ring (bicyclic) bond motifs is 2. The van der Waals surface area contributed by atoms with E-state index in [1.807, 2.05) is 0 Å². The van der Waals surface area contributed by atoms with Crippen molar-refractivity contribution in [2.45, 2.75) is 19.3 Å². The number of aryl methyl sites for hydroxylation is 1. The number of hydrogen-bond acceptors (Lipinski definition) is 6. The topological polar surface area (TPSA) is 91.3 Å². The van der Waals surface area contributed by atoms with Crippen LogP contribution in [0.25, 0.3) is 16.6 Å². The molecule has 3 heterocycles. The molecule has 0 fully saturated rings. The third-order valence-electron chi connectivity index (χ3n) is 5.37. The standard InChI is InChI=1S/C23H15BrN4O2S/c24-13-8-9-20(26-11-13)28-22(29)16-5-2-1-4-14(16)18(23(28)30)12-27-21-17(10-25)15-6-3-7-19(15)31-21/h1-2,4-5,8-9,11-12,30H,3,6-7H2/b27-12+. The minimum atomic E-state index is -0.368. The number of aromatic nitrogens is 2. The number of aliphatic imine (C=N–C) groups is 1. The van der Waals surface area contributed by atoms with Crippen LogP contribution >= 0.6 is 27.3 Å². The van der Waals surface area contributed by atoms with Crippen molar-refractivity contribution in [3.05, 3.63) is 79.0 Å². The molecule has 0 unspecified atom stereocenters. The van der Waals surface area contributed by atoms with Crippen LogP contribution in [-0.2, 0) is 12.8 Å². The van der Waals surface area contributed by atoms with Gasteiger partial charge in [0.2, 0.25) is 5.88 Å². The van der Waals surface area contributed by atoms with E-state index in [1.54, 1.807) is 42.6 Å². The fourth-order valence-corrected chi connectivity index (χ4v) is 5.34. The Hall–Kier alpha value is -3.28. The van der Waals surface area contributed by atoms with E-state index < -0.39 is 0 Å². The molecule has 0 saturated carbocycles. The number of nitriles is 1. The number of halogens is 1. The zero-order valence-electron chi connectivity index (χ0n) is 16.2. The maximum Gasteiger partial charge on any atom is 0.267 e. The van der Waals surface area contributed by atoms with Crippen LogP contribution in [0, 0.1) is 11.3 Å². The maximum atomic E-state index is 13.1. The van der Waals surface area contributed by atoms with Crippen LogP contribution in [0.2, 0.25) is 0 Å². The fraction of sp³-hybridized carbons (Fsp3) is 0.130. The summed E-state index contributed by atoms with van der Waals surface area (Å²) in [6, 6.07) is 12.8. The lowest BCUT2D eigenvalue weighted by Gasteiger charge is -2.13. The molecule has 0 spiro atoms. The molecule has 1 N–H and O–H groups in total. The van der Waals surface area contributed by atoms with Gasteiger partial charge in [-0.2, -0.15) is 5.26 Å². The Kier molecular flexibility index (Phi) is 4.93. The summed E-state index contributed by atoms with van der Waals surface area (Å²) in [6.07, 6.45) is 6.04. The molecular weight excluding hydrogens is 476 g/mol. The van der Waals surface area contributed by atoms with E-state index in [-0.39, 0.29) is 11.4 Å². The van der Waals surface area contributed by atoms with E-state index in [2.05, 4.69) is 32.0 Å². The first-order valence-electron chi connectivity index (χ1n) is 9.66. The van der Waals surface area contributed by atoms with Crippen molar-refractivity contribution < 1.29 is 5.11 Å². The maximum absolute atomic E-state index is 13.1. The summed E-state index contributed by atoms with van der Waals surface area (Å²) in [5.41, 5.74) is 1.74. The van der Waals surface area contributed by atoms with Gasteiger partial charge in [-0.25, -0.2) is 14.5 Å². The summed E-state index contributed by atoms with van der Waals surface area (Å²) in [7, 11) is 0. The SMILES string of the molecule is N#Cc1c(/N=C/c2c(O)n(-c3ccc(Br)cn3)c(=O)c3ccccc23)sc2c1CCC2. The molecule has 6 nitrogen and oxygen atoms in total. The lowest BCUT2D eigenvalue weighted by atomic mass is 10.1. The van der Waals surface area contributed by atoms with Gasteiger partial charge in [-0.3, -0.25) is 4.79 Å². The number of hydrogen-bond donors (Lipinski definition) is 1. The zero-order chi connectivity index (χ0) is 21.5. The number of thiophene rings is 1. The highest BCUT2D eigenvalue weighted by Crippen LogP contribution is 2.40. The van der Waals surface area contributed by atoms with Crippen molar-refractivity contribution in [2.75, 3.05) is 0 Å². The predicted molar refractivity (Wildman–Crippen MR) is 125 cm³/mol. The summed E-state index contributed by atoms with van der Waals surface area (Å²) in [4.78, 5) is 23.2. The molecule has 0 atom stereocenters. The van der Waals surface area contributed by atoms with Crippen LogP contribution in [0.1, 0.15) is 28.0 Å². The second-order valence-electron chi connectivity index (χ2n) is 7.17. The zero-order valence-corrected chi connectivity index (χ0v) is 18.6. The Labute approximate surface area is 189 Å². The third kappa shape index (κ3) is 3.26. The highest BCUT2D eigenvalue weighted by Gasteiger charge is 2.22. The Morgan fingerprint density at radius 2 is 2.03 bits per heavy atom. The Morgan fingerprint density at radius 3 is 2.77 bits per heavy atom. The van der Waals surface area contributed by atoms with Gasteiger partial charge < -0.3 is 5.11 Å². The van der Waals surface area contributed by atoms with Gasteiger partial charge >= 0.3 is 0 Å². The molecule has 1 aliphatic carbocycles. The number of pyridine rings is 2. The monoisotopic (exact) mass is 490 g/mol. The molecule has 0 amide bonds. The van der Waals surface area contributed by atoms with E-state index in [9.17, 15) is 15.2 Å². The Balaban J connectivity index is 1.72. The summed E-state index contributed by atoms with van der Waals surface area (Å²) in [5.74, 6) is 0.0591. The molecule has 0 bridgehead atoms. The van der Waals surface area contributed by atoms with Crippen LogP contribution in [0.4, 0.5) is 5.00 Å². The molecule has 0 radical (unpaired) electrons. The van der Waals surface area contributed by atoms with Crippen molar-refractivity contribution in [2.24, 2.45) is 4.99 Å². The second-order valence-corrected chi connectivity index (χ2v) is 9.16. The minimum absolute atomic E-state index is 0.245. The molecule has 31 heavy (non-hydrogen) atoms. The first-order valence-corrected chi connectivity index (χ1v) is 11.3. The number of nitrogens with zero attached hydrogens (tertiary/aromatic N) is 4. The van der Waals surface area contributed by atoms with E-state index in [4.69, 9.17) is 0 Å². The van der Waals surface area contributed by atoms with Gasteiger partial charge in [0.25, 0.3) is 5.56 Å². The first kappa shape index (κ1) is 19.7. The average molecular weight is 491 g/mol. The summed E-state index contributed by atoms with van der Waals surface area (Å²) >= 11 is 4.85. The molecule has 3 aromatic heterocycles. The molecule has 5 rings (SSSR count). The van der Waals surface area contributed by atoms with Gasteiger partial charge in [0.05, 0.1) is 11.1 Å². The van der Waals surface area contributed by atoms with E-state index in [0.717, 1.165) is 29.3 Å². The van der Waals surface area contributed by atoms with Crippen molar-refractivity contribution in [1.82, 2.24) is 9.55 Å². The van der Waals surface area contributed by atoms with Crippen molar-refractivity contribution in [1.29, 1.82) is 5.26 Å². The Morgan fingerprint density at radius 1 is 1.23 bits per heavy atom. The normalized spacial score (nSPS) is 13.0. The van der Waals surface area contributed by atoms with Crippen molar-refractivity contribution in [3.63, 3.8) is 0 Å². The third-order valence-corrected chi connectivity index (χ3v) is 7.04. The number of benzene rings is 1. The van der Waals surface area contributed by atoms with Gasteiger partial charge in [-0.1, -0.05) is 18.2 Å². The van der Waals surface area contributed by atoms with E-state index in [0.29, 0.717) is 32.7 Å². The highest BCUT2D eigenvalue weighted by atomic mass is 79.9. The Bertz CT molecular complexity index is 1460. The van der Waals surface area contributed by atoms with Crippen LogP contribution in [-0.4, -0.2) is 20.9 Å². The lowest BCUT2D eigenvalue weighted by molar-refractivity contribution is 0.435. The molecule has 0 aliphatic heterocycles. The van der Waals surface area contributed by atoms with Crippen molar-refractivity contribution in [3.8, 4) is 17.8 Å². The van der Waals surface area contributed by atoms with Gasteiger partial charge in [0, 0.05) is 32.5 Å². The molecule has 4 aromatic rings. The molecule has 1 aliphatic rings. The van der Waals surface area contributed by atoms with Crippen LogP contribution in [0.15, 0.2) is 56.9 Å². The van der Waals surface area contributed by atoms with Gasteiger partial charge in [-0.15, -0.1) is 11.3 Å². The minimum Gasteiger partial charge on any atom is -0.494 e. The van der Waals surface area contributed by atoms with Crippen LogP contribution in [0.3, 0.4) is 0 Å². The van der Waals surface area contributed by atoms with Crippen LogP contribution < -0.4 is 5.56 Å². The first-order chi connectivity index (χ1) is 15.1. The van der Waals surface area contributed by atoms with Gasteiger partial charge in [0.1, 0.15) is 16.9 Å². The lowest BCUT2D eigenvalue weighted by Crippen LogP contribution is -2.21.